The van der Waals surface area contributed by atoms with Crippen LogP contribution in [0, 0.1) is 0 Å². The Kier molecular flexibility index (Phi) is 4.96. The molecule has 0 aliphatic carbocycles. The van der Waals surface area contributed by atoms with Crippen molar-refractivity contribution in [2.45, 2.75) is 12.8 Å². The number of aromatic nitrogens is 4. The number of hydrogen-bond donors (Lipinski definition) is 2. The second-order valence-electron chi connectivity index (χ2n) is 5.57. The number of fused-ring (bicyclic) bond motifs is 1. The number of nitrogens with one attached hydrogen (secondary N) is 1. The first-order valence-corrected chi connectivity index (χ1v) is 7.72. The number of alkyl halides is 3. The van der Waals surface area contributed by atoms with Gasteiger partial charge >= 0.3 is 6.18 Å². The number of hydrogen-bond acceptors (Lipinski definition) is 6. The third-order valence-electron chi connectivity index (χ3n) is 3.68. The highest BCUT2D eigenvalue weighted by atomic mass is 19.4. The van der Waals surface area contributed by atoms with Crippen molar-refractivity contribution in [3.8, 4) is 0 Å². The zero-order valence-corrected chi connectivity index (χ0v) is 14.3. The maximum Gasteiger partial charge on any atom is 0.417 e. The van der Waals surface area contributed by atoms with Crippen LogP contribution in [0.1, 0.15) is 32.1 Å². The number of rotatable bonds is 5. The van der Waals surface area contributed by atoms with Crippen LogP contribution in [0.25, 0.3) is 5.65 Å². The van der Waals surface area contributed by atoms with E-state index in [9.17, 15) is 22.8 Å². The molecule has 146 valence electrons. The van der Waals surface area contributed by atoms with Crippen LogP contribution in [0.15, 0.2) is 30.6 Å². The molecule has 3 aromatic heterocycles. The number of carbonyl (C=O) groups excluding carboxylic acids is 2. The van der Waals surface area contributed by atoms with E-state index in [1.807, 2.05) is 0 Å². The lowest BCUT2D eigenvalue weighted by Crippen LogP contribution is -2.18. The molecule has 0 unspecified atom stereocenters. The molecule has 0 atom stereocenters. The molecule has 9 nitrogen and oxygen atoms in total. The third-order valence-corrected chi connectivity index (χ3v) is 3.68. The zero-order valence-electron chi connectivity index (χ0n) is 14.3. The fourth-order valence-corrected chi connectivity index (χ4v) is 2.47. The highest BCUT2D eigenvalue weighted by Gasteiger charge is 2.30. The van der Waals surface area contributed by atoms with Crippen LogP contribution < -0.4 is 11.1 Å². The van der Waals surface area contributed by atoms with Gasteiger partial charge in [-0.1, -0.05) is 0 Å². The van der Waals surface area contributed by atoms with E-state index in [0.717, 1.165) is 16.6 Å². The van der Waals surface area contributed by atoms with Crippen LogP contribution in [0.2, 0.25) is 0 Å². The molecule has 3 heterocycles. The summed E-state index contributed by atoms with van der Waals surface area (Å²) in [5.41, 5.74) is 4.63. The van der Waals surface area contributed by atoms with Crippen molar-refractivity contribution < 1.29 is 27.5 Å². The first-order valence-electron chi connectivity index (χ1n) is 7.72. The largest absolute Gasteiger partial charge is 0.417 e. The monoisotopic (exact) mass is 394 g/mol. The van der Waals surface area contributed by atoms with Crippen molar-refractivity contribution in [1.82, 2.24) is 19.6 Å². The standard InChI is InChI=1S/C16H13F3N6O3/c1-28-7-9-12(13(20)26)14-21-5-4-10(25(14)24-9)15(27)23-11-3-2-8(6-22-11)16(17,18)19/h2-6H,7H2,1H3,(H2,20,26)(H,22,23,27). The zero-order chi connectivity index (χ0) is 20.5. The van der Waals surface area contributed by atoms with E-state index in [4.69, 9.17) is 10.5 Å². The summed E-state index contributed by atoms with van der Waals surface area (Å²) in [6, 6.07) is 3.13. The molecule has 0 saturated heterocycles. The number of carbonyl (C=O) groups is 2. The van der Waals surface area contributed by atoms with Crippen molar-refractivity contribution >= 4 is 23.3 Å². The summed E-state index contributed by atoms with van der Waals surface area (Å²) in [5, 5.41) is 6.50. The minimum atomic E-state index is -4.54. The predicted octanol–water partition coefficient (Wildman–Crippen LogP) is 1.64. The smallest absolute Gasteiger partial charge is 0.378 e. The van der Waals surface area contributed by atoms with Gasteiger partial charge in [0.15, 0.2) is 5.65 Å². The van der Waals surface area contributed by atoms with Gasteiger partial charge in [-0.15, -0.1) is 0 Å². The first kappa shape index (κ1) is 19.2. The van der Waals surface area contributed by atoms with Crippen LogP contribution in [0.3, 0.4) is 0 Å². The van der Waals surface area contributed by atoms with Crippen LogP contribution in [0.5, 0.6) is 0 Å². The van der Waals surface area contributed by atoms with Gasteiger partial charge in [0.2, 0.25) is 0 Å². The summed E-state index contributed by atoms with van der Waals surface area (Å²) in [4.78, 5) is 31.9. The maximum absolute atomic E-state index is 12.6. The maximum atomic E-state index is 12.6. The molecule has 12 heteroatoms. The summed E-state index contributed by atoms with van der Waals surface area (Å²) in [6.07, 6.45) is -2.66. The molecular formula is C16H13F3N6O3. The van der Waals surface area contributed by atoms with Gasteiger partial charge < -0.3 is 15.8 Å². The fraction of sp³-hybridized carbons (Fsp3) is 0.188. The lowest BCUT2D eigenvalue weighted by Gasteiger charge is -2.08. The number of halogens is 3. The van der Waals surface area contributed by atoms with E-state index >= 15 is 0 Å². The van der Waals surface area contributed by atoms with Gasteiger partial charge in [-0.05, 0) is 18.2 Å². The molecular weight excluding hydrogens is 381 g/mol. The highest BCUT2D eigenvalue weighted by Crippen LogP contribution is 2.28. The molecule has 0 fully saturated rings. The van der Waals surface area contributed by atoms with E-state index in [-0.39, 0.29) is 35.0 Å². The summed E-state index contributed by atoms with van der Waals surface area (Å²) in [6.45, 7) is -0.0385. The Morgan fingerprint density at radius 3 is 2.57 bits per heavy atom. The van der Waals surface area contributed by atoms with E-state index in [0.29, 0.717) is 6.20 Å². The van der Waals surface area contributed by atoms with E-state index in [2.05, 4.69) is 20.4 Å². The van der Waals surface area contributed by atoms with Gasteiger partial charge in [-0.2, -0.15) is 18.3 Å². The highest BCUT2D eigenvalue weighted by molar-refractivity contribution is 6.04. The lowest BCUT2D eigenvalue weighted by atomic mass is 10.2. The van der Waals surface area contributed by atoms with Crippen molar-refractivity contribution in [3.63, 3.8) is 0 Å². The molecule has 0 aromatic carbocycles. The topological polar surface area (TPSA) is 124 Å². The van der Waals surface area contributed by atoms with Crippen LogP contribution in [-0.4, -0.2) is 38.5 Å². The van der Waals surface area contributed by atoms with Crippen LogP contribution >= 0.6 is 0 Å². The Bertz CT molecular complexity index is 1050. The summed E-state index contributed by atoms with van der Waals surface area (Å²) >= 11 is 0. The minimum absolute atomic E-state index is 0.00385. The number of methoxy groups -OCH3 is 1. The van der Waals surface area contributed by atoms with E-state index in [1.165, 1.54) is 19.4 Å². The Balaban J connectivity index is 1.96. The van der Waals surface area contributed by atoms with Crippen molar-refractivity contribution in [3.05, 3.63) is 53.1 Å². The molecule has 3 aromatic rings. The summed E-state index contributed by atoms with van der Waals surface area (Å²) in [5.74, 6) is -1.61. The predicted molar refractivity (Wildman–Crippen MR) is 89.4 cm³/mol. The number of primary amides is 1. The van der Waals surface area contributed by atoms with Crippen molar-refractivity contribution in [2.24, 2.45) is 5.73 Å². The van der Waals surface area contributed by atoms with Crippen molar-refractivity contribution in [2.75, 3.05) is 12.4 Å². The quantitative estimate of drug-likeness (QED) is 0.678. The Labute approximate surface area is 155 Å². The number of pyridine rings is 1. The Morgan fingerprint density at radius 2 is 2.00 bits per heavy atom. The second-order valence-corrected chi connectivity index (χ2v) is 5.57. The average Bonchev–Trinajstić information content (AvgIpc) is 2.99. The lowest BCUT2D eigenvalue weighted by molar-refractivity contribution is -0.137. The summed E-state index contributed by atoms with van der Waals surface area (Å²) < 4.78 is 43.9. The molecule has 0 aliphatic heterocycles. The van der Waals surface area contributed by atoms with Crippen LogP contribution in [-0.2, 0) is 17.5 Å². The second kappa shape index (κ2) is 7.23. The minimum Gasteiger partial charge on any atom is -0.378 e. The molecule has 0 saturated carbocycles. The third kappa shape index (κ3) is 3.62. The Morgan fingerprint density at radius 1 is 1.25 bits per heavy atom. The van der Waals surface area contributed by atoms with Crippen molar-refractivity contribution in [1.29, 1.82) is 0 Å². The SMILES string of the molecule is COCc1nn2c(C(=O)Nc3ccc(C(F)(F)F)cn3)ccnc2c1C(N)=O. The molecule has 0 spiro atoms. The van der Waals surface area contributed by atoms with Gasteiger partial charge in [-0.3, -0.25) is 9.59 Å². The summed E-state index contributed by atoms with van der Waals surface area (Å²) in [7, 11) is 1.39. The van der Waals surface area contributed by atoms with Gasteiger partial charge in [-0.25, -0.2) is 14.5 Å². The van der Waals surface area contributed by atoms with Gasteiger partial charge in [0.1, 0.15) is 22.8 Å². The number of nitrogens with two attached hydrogens (primary N) is 1. The molecule has 0 aliphatic rings. The van der Waals surface area contributed by atoms with E-state index < -0.39 is 23.6 Å². The van der Waals surface area contributed by atoms with Gasteiger partial charge in [0.05, 0.1) is 12.2 Å². The van der Waals surface area contributed by atoms with Gasteiger partial charge in [0, 0.05) is 19.5 Å². The number of ether oxygens (including phenoxy) is 1. The van der Waals surface area contributed by atoms with Crippen LogP contribution in [0.4, 0.5) is 19.0 Å². The average molecular weight is 394 g/mol. The molecule has 0 bridgehead atoms. The fourth-order valence-electron chi connectivity index (χ4n) is 2.47. The number of anilines is 1. The molecule has 3 N–H and O–H groups in total. The van der Waals surface area contributed by atoms with Gasteiger partial charge in [0.25, 0.3) is 11.8 Å². The molecule has 0 radical (unpaired) electrons. The normalized spacial score (nSPS) is 11.6. The molecule has 2 amide bonds. The molecule has 3 rings (SSSR count). The first-order chi connectivity index (χ1) is 13.2. The Hall–Kier alpha value is -3.54. The number of amides is 2. The molecule has 28 heavy (non-hydrogen) atoms. The number of nitrogens with zero attached hydrogens (tertiary/aromatic N) is 4. The van der Waals surface area contributed by atoms with E-state index in [1.54, 1.807) is 0 Å².